The van der Waals surface area contributed by atoms with Crippen LogP contribution in [0.2, 0.25) is 0 Å². The van der Waals surface area contributed by atoms with E-state index in [1.165, 1.54) is 5.57 Å². The maximum atomic E-state index is 12.7. The lowest BCUT2D eigenvalue weighted by Gasteiger charge is -2.45. The second-order valence-corrected chi connectivity index (χ2v) is 10.3. The van der Waals surface area contributed by atoms with Crippen LogP contribution in [-0.2, 0) is 17.2 Å². The summed E-state index contributed by atoms with van der Waals surface area (Å²) in [5, 5.41) is 13.9. The van der Waals surface area contributed by atoms with Crippen molar-refractivity contribution >= 4 is 28.1 Å². The van der Waals surface area contributed by atoms with E-state index in [0.29, 0.717) is 35.4 Å². The van der Waals surface area contributed by atoms with Crippen LogP contribution in [0.1, 0.15) is 49.6 Å². The molecule has 2 atom stereocenters. The summed E-state index contributed by atoms with van der Waals surface area (Å²) in [4.78, 5) is 16.9. The Kier molecular flexibility index (Phi) is 5.48. The Morgan fingerprint density at radius 2 is 2.16 bits per heavy atom. The minimum atomic E-state index is -1.10. The molecule has 0 saturated heterocycles. The zero-order valence-electron chi connectivity index (χ0n) is 18.2. The SMILES string of the molecule is C#Cc1ccc(C2=CCN(c3nc4c(c(NC5(C(C)O)CCC5)n3)S(=O)CC4)CC2)nc1. The van der Waals surface area contributed by atoms with Crippen LogP contribution in [0.25, 0.3) is 5.57 Å². The van der Waals surface area contributed by atoms with Crippen molar-refractivity contribution in [1.29, 1.82) is 0 Å². The van der Waals surface area contributed by atoms with Gasteiger partial charge in [-0.05, 0) is 50.3 Å². The molecule has 0 aromatic carbocycles. The minimum absolute atomic E-state index is 0.391. The van der Waals surface area contributed by atoms with Crippen LogP contribution in [0, 0.1) is 12.3 Å². The highest BCUT2D eigenvalue weighted by molar-refractivity contribution is 7.85. The molecule has 2 aromatic rings. The summed E-state index contributed by atoms with van der Waals surface area (Å²) in [6.07, 6.45) is 13.1. The molecule has 1 aliphatic carbocycles. The van der Waals surface area contributed by atoms with Crippen LogP contribution >= 0.6 is 0 Å². The molecule has 0 amide bonds. The summed E-state index contributed by atoms with van der Waals surface area (Å²) >= 11 is 0. The number of terminal acetylenes is 1. The Morgan fingerprint density at radius 3 is 2.75 bits per heavy atom. The smallest absolute Gasteiger partial charge is 0.227 e. The van der Waals surface area contributed by atoms with Crippen molar-refractivity contribution in [2.45, 2.75) is 55.6 Å². The van der Waals surface area contributed by atoms with Gasteiger partial charge in [0.05, 0.1) is 33.8 Å². The monoisotopic (exact) mass is 449 g/mol. The zero-order valence-corrected chi connectivity index (χ0v) is 19.0. The first kappa shape index (κ1) is 21.1. The Bertz CT molecular complexity index is 1130. The summed E-state index contributed by atoms with van der Waals surface area (Å²) in [7, 11) is -1.10. The Hall–Kier alpha value is -2.76. The number of hydrogen-bond donors (Lipinski definition) is 2. The number of nitrogens with zero attached hydrogens (tertiary/aromatic N) is 4. The summed E-state index contributed by atoms with van der Waals surface area (Å²) in [6, 6.07) is 3.88. The van der Waals surface area contributed by atoms with Crippen LogP contribution in [0.15, 0.2) is 29.3 Å². The number of anilines is 2. The molecule has 4 heterocycles. The largest absolute Gasteiger partial charge is 0.391 e. The van der Waals surface area contributed by atoms with Crippen LogP contribution in [0.4, 0.5) is 11.8 Å². The van der Waals surface area contributed by atoms with Gasteiger partial charge in [0.15, 0.2) is 0 Å². The first-order valence-electron chi connectivity index (χ1n) is 11.1. The van der Waals surface area contributed by atoms with Gasteiger partial charge in [-0.25, -0.2) is 4.98 Å². The van der Waals surface area contributed by atoms with Gasteiger partial charge in [-0.3, -0.25) is 9.19 Å². The van der Waals surface area contributed by atoms with E-state index in [9.17, 15) is 9.32 Å². The molecule has 32 heavy (non-hydrogen) atoms. The van der Waals surface area contributed by atoms with Crippen molar-refractivity contribution in [3.05, 3.63) is 41.4 Å². The normalized spacial score (nSPS) is 22.3. The predicted molar refractivity (Wildman–Crippen MR) is 126 cm³/mol. The van der Waals surface area contributed by atoms with Gasteiger partial charge in [0.2, 0.25) is 5.95 Å². The highest BCUT2D eigenvalue weighted by Gasteiger charge is 2.43. The molecule has 3 aliphatic rings. The second-order valence-electron chi connectivity index (χ2n) is 8.76. The van der Waals surface area contributed by atoms with Crippen LogP contribution < -0.4 is 10.2 Å². The maximum Gasteiger partial charge on any atom is 0.227 e. The maximum absolute atomic E-state index is 12.7. The summed E-state index contributed by atoms with van der Waals surface area (Å²) in [6.45, 7) is 3.26. The number of pyridine rings is 1. The fourth-order valence-corrected chi connectivity index (χ4v) is 5.91. The van der Waals surface area contributed by atoms with E-state index in [2.05, 4.69) is 27.2 Å². The average molecular weight is 450 g/mol. The van der Waals surface area contributed by atoms with E-state index in [0.717, 1.165) is 49.2 Å². The van der Waals surface area contributed by atoms with Gasteiger partial charge in [-0.2, -0.15) is 4.98 Å². The molecule has 5 rings (SSSR count). The van der Waals surface area contributed by atoms with E-state index in [1.54, 1.807) is 6.20 Å². The molecule has 0 spiro atoms. The molecule has 0 radical (unpaired) electrons. The molecule has 2 N–H and O–H groups in total. The van der Waals surface area contributed by atoms with Gasteiger partial charge in [-0.15, -0.1) is 6.42 Å². The number of aliphatic hydroxyl groups is 1. The predicted octanol–water partition coefficient (Wildman–Crippen LogP) is 2.53. The third kappa shape index (κ3) is 3.70. The Labute approximate surface area is 190 Å². The number of aryl methyl sites for hydroxylation is 1. The number of fused-ring (bicyclic) bond motifs is 1. The standard InChI is InChI=1S/C24H27N5O2S/c1-3-17-5-6-19(25-15-17)18-7-12-29(13-8-18)23-26-20-9-14-32(31)21(20)22(27-23)28-24(16(2)30)10-4-11-24/h1,5-7,15-16,30H,4,8-14H2,2H3,(H,26,27,28). The van der Waals surface area contributed by atoms with Gasteiger partial charge in [-0.1, -0.05) is 12.0 Å². The third-order valence-electron chi connectivity index (χ3n) is 6.84. The number of hydrogen-bond acceptors (Lipinski definition) is 7. The van der Waals surface area contributed by atoms with E-state index in [4.69, 9.17) is 16.4 Å². The Morgan fingerprint density at radius 1 is 1.31 bits per heavy atom. The highest BCUT2D eigenvalue weighted by Crippen LogP contribution is 2.40. The van der Waals surface area contributed by atoms with Crippen molar-refractivity contribution in [2.24, 2.45) is 0 Å². The minimum Gasteiger partial charge on any atom is -0.391 e. The van der Waals surface area contributed by atoms with Gasteiger partial charge >= 0.3 is 0 Å². The molecule has 1 fully saturated rings. The molecule has 0 bridgehead atoms. The van der Waals surface area contributed by atoms with Gasteiger partial charge in [0.25, 0.3) is 0 Å². The molecule has 7 nitrogen and oxygen atoms in total. The second kappa shape index (κ2) is 8.30. The van der Waals surface area contributed by atoms with Crippen LogP contribution in [0.3, 0.4) is 0 Å². The lowest BCUT2D eigenvalue weighted by molar-refractivity contribution is 0.0631. The number of aliphatic hydroxyl groups excluding tert-OH is 1. The molecule has 1 saturated carbocycles. The molecular formula is C24H27N5O2S. The van der Waals surface area contributed by atoms with Crippen LogP contribution in [-0.4, -0.2) is 54.8 Å². The number of aromatic nitrogens is 3. The number of nitrogens with one attached hydrogen (secondary N) is 1. The summed E-state index contributed by atoms with van der Waals surface area (Å²) in [5.74, 6) is 4.45. The van der Waals surface area contributed by atoms with Crippen molar-refractivity contribution < 1.29 is 9.32 Å². The van der Waals surface area contributed by atoms with Crippen molar-refractivity contribution in [3.8, 4) is 12.3 Å². The van der Waals surface area contributed by atoms with E-state index >= 15 is 0 Å². The Balaban J connectivity index is 1.41. The van der Waals surface area contributed by atoms with E-state index in [1.807, 2.05) is 19.1 Å². The van der Waals surface area contributed by atoms with Gasteiger partial charge in [0, 0.05) is 37.0 Å². The van der Waals surface area contributed by atoms with E-state index in [-0.39, 0.29) is 0 Å². The average Bonchev–Trinajstić information content (AvgIpc) is 3.17. The summed E-state index contributed by atoms with van der Waals surface area (Å²) < 4.78 is 12.7. The van der Waals surface area contributed by atoms with Crippen molar-refractivity contribution in [2.75, 3.05) is 29.1 Å². The molecule has 8 heteroatoms. The fourth-order valence-electron chi connectivity index (χ4n) is 4.60. The molecule has 166 valence electrons. The van der Waals surface area contributed by atoms with Crippen molar-refractivity contribution in [3.63, 3.8) is 0 Å². The lowest BCUT2D eigenvalue weighted by atomic mass is 9.73. The summed E-state index contributed by atoms with van der Waals surface area (Å²) in [5.41, 5.74) is 3.37. The number of rotatable bonds is 5. The van der Waals surface area contributed by atoms with Crippen molar-refractivity contribution in [1.82, 2.24) is 15.0 Å². The molecule has 2 aromatic heterocycles. The van der Waals surface area contributed by atoms with Gasteiger partial charge < -0.3 is 15.3 Å². The first-order chi connectivity index (χ1) is 15.5. The van der Waals surface area contributed by atoms with E-state index < -0.39 is 22.4 Å². The molecular weight excluding hydrogens is 422 g/mol. The first-order valence-corrected chi connectivity index (χ1v) is 12.4. The quantitative estimate of drug-likeness (QED) is 0.678. The topological polar surface area (TPSA) is 91.2 Å². The fraction of sp³-hybridized carbons (Fsp3) is 0.458. The molecule has 2 aliphatic heterocycles. The van der Waals surface area contributed by atoms with Crippen LogP contribution in [0.5, 0.6) is 0 Å². The lowest BCUT2D eigenvalue weighted by Crippen LogP contribution is -2.53. The highest BCUT2D eigenvalue weighted by atomic mass is 32.2. The molecule has 2 unspecified atom stereocenters. The zero-order chi connectivity index (χ0) is 22.3. The third-order valence-corrected chi connectivity index (χ3v) is 8.30. The van der Waals surface area contributed by atoms with Gasteiger partial charge in [0.1, 0.15) is 10.7 Å².